The topological polar surface area (TPSA) is 109 Å². The Labute approximate surface area is 86.0 Å². The summed E-state index contributed by atoms with van der Waals surface area (Å²) in [7, 11) is 0. The normalized spacial score (nSPS) is 9.33. The summed E-state index contributed by atoms with van der Waals surface area (Å²) in [4.78, 5) is 24.8. The number of amides is 1. The van der Waals surface area contributed by atoms with Gasteiger partial charge in [-0.3, -0.25) is 15.2 Å². The lowest BCUT2D eigenvalue weighted by Crippen LogP contribution is -2.24. The quantitative estimate of drug-likeness (QED) is 0.447. The first-order valence-electron chi connectivity index (χ1n) is 4.17. The van der Waals surface area contributed by atoms with Gasteiger partial charge in [-0.25, -0.2) is 0 Å². The molecule has 4 N–H and O–H groups in total. The second-order valence-corrected chi connectivity index (χ2v) is 2.71. The molecule has 6 heteroatoms. The second-order valence-electron chi connectivity index (χ2n) is 2.71. The number of nitrogens with one attached hydrogen (secondary N) is 2. The van der Waals surface area contributed by atoms with Gasteiger partial charge in [0.1, 0.15) is 12.0 Å². The molecule has 0 saturated carbocycles. The second kappa shape index (κ2) is 4.85. The highest BCUT2D eigenvalue weighted by atomic mass is 16.1. The van der Waals surface area contributed by atoms with E-state index in [1.165, 1.54) is 18.5 Å². The van der Waals surface area contributed by atoms with Gasteiger partial charge in [0.25, 0.3) is 5.91 Å². The number of aldehydes is 1. The van der Waals surface area contributed by atoms with Crippen LogP contribution < -0.4 is 11.1 Å². The van der Waals surface area contributed by atoms with Crippen LogP contribution in [0.1, 0.15) is 5.56 Å². The van der Waals surface area contributed by atoms with Crippen molar-refractivity contribution in [1.29, 1.82) is 5.41 Å². The number of pyridine rings is 1. The molecule has 0 aliphatic rings. The molecule has 0 aliphatic heterocycles. The highest BCUT2D eigenvalue weighted by Gasteiger charge is 2.11. The molecule has 0 atom stereocenters. The van der Waals surface area contributed by atoms with Gasteiger partial charge in [-0.1, -0.05) is 0 Å². The molecule has 6 nitrogen and oxygen atoms in total. The minimum absolute atomic E-state index is 0.0880. The first-order valence-corrected chi connectivity index (χ1v) is 4.17. The van der Waals surface area contributed by atoms with E-state index in [0.29, 0.717) is 17.5 Å². The van der Waals surface area contributed by atoms with E-state index < -0.39 is 5.91 Å². The molecule has 1 rings (SSSR count). The van der Waals surface area contributed by atoms with E-state index in [1.54, 1.807) is 0 Å². The molecule has 15 heavy (non-hydrogen) atoms. The average molecular weight is 206 g/mol. The zero-order valence-electron chi connectivity index (χ0n) is 7.86. The number of nitrogens with two attached hydrogens (primary N) is 1. The predicted octanol–water partition coefficient (Wildman–Crippen LogP) is -0.454. The Morgan fingerprint density at radius 1 is 1.67 bits per heavy atom. The third-order valence-electron chi connectivity index (χ3n) is 1.71. The van der Waals surface area contributed by atoms with Gasteiger partial charge < -0.3 is 15.8 Å². The number of primary amides is 1. The van der Waals surface area contributed by atoms with E-state index in [2.05, 4.69) is 10.3 Å². The summed E-state index contributed by atoms with van der Waals surface area (Å²) in [6.45, 7) is 0.0880. The lowest BCUT2D eigenvalue weighted by Gasteiger charge is -2.07. The molecule has 1 amide bonds. The van der Waals surface area contributed by atoms with Crippen LogP contribution in [0.5, 0.6) is 0 Å². The molecule has 0 unspecified atom stereocenters. The van der Waals surface area contributed by atoms with Crippen LogP contribution in [0.15, 0.2) is 18.5 Å². The number of nitrogens with zero attached hydrogens (tertiary/aromatic N) is 1. The van der Waals surface area contributed by atoms with Crippen molar-refractivity contribution in [2.75, 3.05) is 11.9 Å². The summed E-state index contributed by atoms with van der Waals surface area (Å²) in [6.07, 6.45) is 3.54. The van der Waals surface area contributed by atoms with Crippen molar-refractivity contribution in [2.45, 2.75) is 0 Å². The molecule has 78 valence electrons. The Balaban J connectivity index is 3.00. The largest absolute Gasteiger partial charge is 0.376 e. The van der Waals surface area contributed by atoms with Crippen LogP contribution in [0.25, 0.3) is 0 Å². The van der Waals surface area contributed by atoms with Crippen LogP contribution >= 0.6 is 0 Å². The maximum absolute atomic E-state index is 10.8. The van der Waals surface area contributed by atoms with Crippen LogP contribution in [0, 0.1) is 5.41 Å². The fourth-order valence-corrected chi connectivity index (χ4v) is 1.04. The molecule has 1 aromatic rings. The van der Waals surface area contributed by atoms with E-state index >= 15 is 0 Å². The molecule has 1 heterocycles. The Hall–Kier alpha value is -2.24. The van der Waals surface area contributed by atoms with Gasteiger partial charge in [0.05, 0.1) is 18.4 Å². The zero-order valence-corrected chi connectivity index (χ0v) is 7.86. The van der Waals surface area contributed by atoms with Crippen molar-refractivity contribution in [1.82, 2.24) is 4.98 Å². The molecule has 0 spiro atoms. The smallest absolute Gasteiger partial charge is 0.267 e. The maximum atomic E-state index is 10.8. The van der Waals surface area contributed by atoms with Crippen LogP contribution in [-0.2, 0) is 9.59 Å². The van der Waals surface area contributed by atoms with Gasteiger partial charge in [-0.15, -0.1) is 0 Å². The summed E-state index contributed by atoms with van der Waals surface area (Å²) in [5.74, 6) is -0.824. The highest BCUT2D eigenvalue weighted by Crippen LogP contribution is 2.13. The first-order chi connectivity index (χ1) is 7.16. The molecule has 0 saturated heterocycles. The summed E-state index contributed by atoms with van der Waals surface area (Å²) in [5, 5.41) is 10.1. The van der Waals surface area contributed by atoms with E-state index in [-0.39, 0.29) is 12.3 Å². The van der Waals surface area contributed by atoms with Crippen molar-refractivity contribution in [2.24, 2.45) is 5.73 Å². The number of anilines is 1. The number of rotatable bonds is 5. The Morgan fingerprint density at radius 3 is 3.00 bits per heavy atom. The van der Waals surface area contributed by atoms with Crippen molar-refractivity contribution in [3.63, 3.8) is 0 Å². The molecule has 0 radical (unpaired) electrons. The fraction of sp³-hybridized carbons (Fsp3) is 0.111. The third-order valence-corrected chi connectivity index (χ3v) is 1.71. The molecular weight excluding hydrogens is 196 g/mol. The monoisotopic (exact) mass is 206 g/mol. The summed E-state index contributed by atoms with van der Waals surface area (Å²) < 4.78 is 0. The van der Waals surface area contributed by atoms with Gasteiger partial charge in [0.2, 0.25) is 0 Å². The standard InChI is InChI=1S/C9H10N4O2/c10-8(9(11)15)6-1-2-12-5-7(6)13-3-4-14/h1-2,4-5,10,13H,3H2,(H2,11,15). The SMILES string of the molecule is N=C(C(N)=O)c1ccncc1NCC=O. The fourth-order valence-electron chi connectivity index (χ4n) is 1.04. The minimum atomic E-state index is -0.824. The van der Waals surface area contributed by atoms with E-state index in [9.17, 15) is 9.59 Å². The highest BCUT2D eigenvalue weighted by molar-refractivity contribution is 6.44. The van der Waals surface area contributed by atoms with Crippen LogP contribution in [0.3, 0.4) is 0 Å². The molecule has 0 aliphatic carbocycles. The van der Waals surface area contributed by atoms with E-state index in [1.807, 2.05) is 0 Å². The summed E-state index contributed by atoms with van der Waals surface area (Å²) in [6, 6.07) is 1.49. The summed E-state index contributed by atoms with van der Waals surface area (Å²) >= 11 is 0. The number of carbonyl (C=O) groups is 2. The number of hydrogen-bond acceptors (Lipinski definition) is 5. The van der Waals surface area contributed by atoms with Gasteiger partial charge in [0, 0.05) is 11.8 Å². The van der Waals surface area contributed by atoms with Crippen molar-refractivity contribution >= 4 is 23.6 Å². The van der Waals surface area contributed by atoms with Crippen LogP contribution in [0.2, 0.25) is 0 Å². The van der Waals surface area contributed by atoms with E-state index in [0.717, 1.165) is 0 Å². The summed E-state index contributed by atoms with van der Waals surface area (Å²) in [5.41, 5.74) is 5.44. The lowest BCUT2D eigenvalue weighted by atomic mass is 10.1. The Bertz CT molecular complexity index is 403. The zero-order chi connectivity index (χ0) is 11.3. The average Bonchev–Trinajstić information content (AvgIpc) is 2.25. The molecule has 0 aromatic carbocycles. The lowest BCUT2D eigenvalue weighted by molar-refractivity contribution is -0.112. The van der Waals surface area contributed by atoms with Crippen molar-refractivity contribution < 1.29 is 9.59 Å². The molecule has 0 fully saturated rings. The van der Waals surface area contributed by atoms with E-state index in [4.69, 9.17) is 11.1 Å². The van der Waals surface area contributed by atoms with Crippen molar-refractivity contribution in [3.05, 3.63) is 24.0 Å². The third kappa shape index (κ3) is 2.60. The van der Waals surface area contributed by atoms with Gasteiger partial charge in [-0.2, -0.15) is 0 Å². The minimum Gasteiger partial charge on any atom is -0.376 e. The Kier molecular flexibility index (Phi) is 3.50. The molecule has 0 bridgehead atoms. The van der Waals surface area contributed by atoms with Crippen LogP contribution in [-0.4, -0.2) is 29.4 Å². The maximum Gasteiger partial charge on any atom is 0.267 e. The number of carbonyl (C=O) groups excluding carboxylic acids is 2. The van der Waals surface area contributed by atoms with Gasteiger partial charge in [0.15, 0.2) is 0 Å². The number of hydrogen-bond donors (Lipinski definition) is 3. The number of aromatic nitrogens is 1. The van der Waals surface area contributed by atoms with Crippen molar-refractivity contribution in [3.8, 4) is 0 Å². The van der Waals surface area contributed by atoms with Gasteiger partial charge >= 0.3 is 0 Å². The molecule has 1 aromatic heterocycles. The predicted molar refractivity (Wildman–Crippen MR) is 54.8 cm³/mol. The Morgan fingerprint density at radius 2 is 2.40 bits per heavy atom. The first kappa shape index (κ1) is 10.8. The van der Waals surface area contributed by atoms with Gasteiger partial charge in [-0.05, 0) is 6.07 Å². The van der Waals surface area contributed by atoms with Crippen LogP contribution in [0.4, 0.5) is 5.69 Å². The molecular formula is C9H10N4O2.